The Hall–Kier alpha value is -3.84. The number of anilines is 3. The summed E-state index contributed by atoms with van der Waals surface area (Å²) in [4.78, 5) is 39.4. The van der Waals surface area contributed by atoms with Crippen LogP contribution in [0.2, 0.25) is 0 Å². The summed E-state index contributed by atoms with van der Waals surface area (Å²) in [5, 5.41) is 2.87. The second kappa shape index (κ2) is 10.8. The number of carbonyl (C=O) groups is 2. The molecule has 0 atom stereocenters. The number of halogens is 3. The molecule has 1 aliphatic rings. The van der Waals surface area contributed by atoms with Crippen molar-refractivity contribution in [3.63, 3.8) is 0 Å². The normalized spacial score (nSPS) is 14.3. The first kappa shape index (κ1) is 26.8. The second-order valence-electron chi connectivity index (χ2n) is 8.79. The van der Waals surface area contributed by atoms with Crippen molar-refractivity contribution < 1.29 is 37.0 Å². The molecule has 3 rings (SSSR count). The molecule has 1 aromatic carbocycles. The van der Waals surface area contributed by atoms with E-state index < -0.39 is 36.5 Å². The average Bonchev–Trinajstić information content (AvgIpc) is 2.81. The average molecular weight is 512 g/mol. The maximum Gasteiger partial charge on any atom is 0.422 e. The number of piperazine rings is 1. The van der Waals surface area contributed by atoms with E-state index in [1.165, 1.54) is 24.1 Å². The molecule has 36 heavy (non-hydrogen) atoms. The van der Waals surface area contributed by atoms with Gasteiger partial charge in [0, 0.05) is 31.9 Å². The van der Waals surface area contributed by atoms with Gasteiger partial charge in [-0.05, 0) is 45.0 Å². The van der Waals surface area contributed by atoms with Crippen LogP contribution in [0.5, 0.6) is 6.01 Å². The van der Waals surface area contributed by atoms with E-state index in [9.17, 15) is 22.8 Å². The molecule has 196 valence electrons. The van der Waals surface area contributed by atoms with Gasteiger partial charge >= 0.3 is 24.2 Å². The molecule has 1 saturated heterocycles. The number of methoxy groups -OCH3 is 1. The quantitative estimate of drug-likeness (QED) is 0.577. The lowest BCUT2D eigenvalue weighted by Gasteiger charge is -2.35. The molecule has 0 saturated carbocycles. The van der Waals surface area contributed by atoms with Crippen molar-refractivity contribution in [1.82, 2.24) is 19.9 Å². The molecule has 11 nitrogen and oxygen atoms in total. The van der Waals surface area contributed by atoms with Gasteiger partial charge in [0.2, 0.25) is 11.9 Å². The predicted octanol–water partition coefficient (Wildman–Crippen LogP) is 3.40. The van der Waals surface area contributed by atoms with E-state index in [0.29, 0.717) is 37.4 Å². The monoisotopic (exact) mass is 512 g/mol. The van der Waals surface area contributed by atoms with Crippen LogP contribution in [0.3, 0.4) is 0 Å². The minimum atomic E-state index is -4.58. The summed E-state index contributed by atoms with van der Waals surface area (Å²) >= 11 is 0. The molecule has 2 heterocycles. The summed E-state index contributed by atoms with van der Waals surface area (Å²) in [6, 6.07) is 5.62. The van der Waals surface area contributed by atoms with Gasteiger partial charge in [-0.15, -0.1) is 0 Å². The van der Waals surface area contributed by atoms with Crippen molar-refractivity contribution in [3.05, 3.63) is 29.8 Å². The number of hydrogen-bond acceptors (Lipinski definition) is 10. The third-order valence-electron chi connectivity index (χ3n) is 4.74. The molecule has 1 N–H and O–H groups in total. The molecule has 1 aliphatic heterocycles. The third-order valence-corrected chi connectivity index (χ3v) is 4.74. The highest BCUT2D eigenvalue weighted by molar-refractivity contribution is 5.89. The highest BCUT2D eigenvalue weighted by atomic mass is 19.4. The number of benzene rings is 1. The molecule has 0 radical (unpaired) electrons. The van der Waals surface area contributed by atoms with Gasteiger partial charge in [0.05, 0.1) is 12.7 Å². The fraction of sp³-hybridized carbons (Fsp3) is 0.500. The van der Waals surface area contributed by atoms with E-state index in [1.807, 2.05) is 0 Å². The summed E-state index contributed by atoms with van der Waals surface area (Å²) in [7, 11) is 1.26. The van der Waals surface area contributed by atoms with Gasteiger partial charge in [-0.3, -0.25) is 0 Å². The molecule has 0 aliphatic carbocycles. The zero-order valence-corrected chi connectivity index (χ0v) is 20.3. The van der Waals surface area contributed by atoms with Crippen molar-refractivity contribution in [3.8, 4) is 6.01 Å². The summed E-state index contributed by atoms with van der Waals surface area (Å²) in [5.41, 5.74) is 0.149. The summed E-state index contributed by atoms with van der Waals surface area (Å²) in [5.74, 6) is -0.491. The van der Waals surface area contributed by atoms with Crippen LogP contribution in [0, 0.1) is 0 Å². The standard InChI is InChI=1S/C22H27F3N6O5/c1-21(2,3)36-20(33)31-11-9-30(10-12-31)18-27-17(28-19(29-18)35-13-22(23,24)25)26-15-7-5-14(6-8-15)16(32)34-4/h5-8H,9-13H2,1-4H3,(H,26,27,28,29). The van der Waals surface area contributed by atoms with E-state index in [0.717, 1.165) is 0 Å². The zero-order valence-electron chi connectivity index (χ0n) is 20.3. The zero-order chi connectivity index (χ0) is 26.5. The van der Waals surface area contributed by atoms with Gasteiger partial charge in [-0.1, -0.05) is 0 Å². The topological polar surface area (TPSA) is 119 Å². The van der Waals surface area contributed by atoms with E-state index in [4.69, 9.17) is 9.47 Å². The van der Waals surface area contributed by atoms with E-state index >= 15 is 0 Å². The number of rotatable bonds is 6. The second-order valence-corrected chi connectivity index (χ2v) is 8.79. The van der Waals surface area contributed by atoms with Gasteiger partial charge in [-0.2, -0.15) is 28.1 Å². The smallest absolute Gasteiger partial charge is 0.422 e. The van der Waals surface area contributed by atoms with Gasteiger partial charge in [0.25, 0.3) is 0 Å². The number of esters is 1. The Bertz CT molecular complexity index is 1070. The maximum atomic E-state index is 12.7. The minimum Gasteiger partial charge on any atom is -0.465 e. The summed E-state index contributed by atoms with van der Waals surface area (Å²) in [6.07, 6.45) is -5.03. The van der Waals surface area contributed by atoms with Crippen LogP contribution in [0.4, 0.5) is 35.5 Å². The number of alkyl halides is 3. The van der Waals surface area contributed by atoms with Crippen LogP contribution in [-0.2, 0) is 9.47 Å². The Morgan fingerprint density at radius 2 is 1.64 bits per heavy atom. The van der Waals surface area contributed by atoms with E-state index in [-0.39, 0.29) is 11.9 Å². The molecule has 0 spiro atoms. The fourth-order valence-corrected chi connectivity index (χ4v) is 3.11. The van der Waals surface area contributed by atoms with Crippen LogP contribution in [0.1, 0.15) is 31.1 Å². The van der Waals surface area contributed by atoms with E-state index in [2.05, 4.69) is 25.0 Å². The van der Waals surface area contributed by atoms with Crippen LogP contribution < -0.4 is 15.0 Å². The molecular formula is C22H27F3N6O5. The van der Waals surface area contributed by atoms with Crippen molar-refractivity contribution in [1.29, 1.82) is 0 Å². The lowest BCUT2D eigenvalue weighted by molar-refractivity contribution is -0.154. The number of ether oxygens (including phenoxy) is 3. The Balaban J connectivity index is 1.77. The number of hydrogen-bond donors (Lipinski definition) is 1. The van der Waals surface area contributed by atoms with Gasteiger partial charge in [0.1, 0.15) is 5.60 Å². The fourth-order valence-electron chi connectivity index (χ4n) is 3.11. The summed E-state index contributed by atoms with van der Waals surface area (Å²) < 4.78 is 52.9. The first-order valence-electron chi connectivity index (χ1n) is 11.0. The largest absolute Gasteiger partial charge is 0.465 e. The third kappa shape index (κ3) is 7.85. The lowest BCUT2D eigenvalue weighted by atomic mass is 10.2. The Kier molecular flexibility index (Phi) is 8.05. The molecule has 0 bridgehead atoms. The van der Waals surface area contributed by atoms with Gasteiger partial charge in [-0.25, -0.2) is 9.59 Å². The van der Waals surface area contributed by atoms with Crippen LogP contribution in [-0.4, -0.2) is 83.6 Å². The molecule has 1 amide bonds. The molecule has 1 fully saturated rings. The summed E-state index contributed by atoms with van der Waals surface area (Å²) in [6.45, 7) is 4.97. The maximum absolute atomic E-state index is 12.7. The predicted molar refractivity (Wildman–Crippen MR) is 122 cm³/mol. The Labute approximate surface area is 205 Å². The van der Waals surface area contributed by atoms with Crippen LogP contribution in [0.15, 0.2) is 24.3 Å². The van der Waals surface area contributed by atoms with Crippen molar-refractivity contribution >= 4 is 29.6 Å². The number of carbonyl (C=O) groups excluding carboxylic acids is 2. The minimum absolute atomic E-state index is 0.0578. The Morgan fingerprint density at radius 1 is 1.00 bits per heavy atom. The first-order chi connectivity index (χ1) is 16.8. The number of amides is 1. The Morgan fingerprint density at radius 3 is 2.19 bits per heavy atom. The lowest BCUT2D eigenvalue weighted by Crippen LogP contribution is -2.50. The van der Waals surface area contributed by atoms with Crippen molar-refractivity contribution in [2.75, 3.05) is 50.1 Å². The molecule has 2 aromatic rings. The SMILES string of the molecule is COC(=O)c1ccc(Nc2nc(OCC(F)(F)F)nc(N3CCN(C(=O)OC(C)(C)C)CC3)n2)cc1. The highest BCUT2D eigenvalue weighted by Gasteiger charge is 2.30. The molecule has 1 aromatic heterocycles. The van der Waals surface area contributed by atoms with Crippen LogP contribution in [0.25, 0.3) is 0 Å². The van der Waals surface area contributed by atoms with Crippen LogP contribution >= 0.6 is 0 Å². The molecule has 0 unspecified atom stereocenters. The molecule has 14 heteroatoms. The van der Waals surface area contributed by atoms with E-state index in [1.54, 1.807) is 37.8 Å². The number of aromatic nitrogens is 3. The van der Waals surface area contributed by atoms with Crippen molar-refractivity contribution in [2.45, 2.75) is 32.5 Å². The number of nitrogens with zero attached hydrogens (tertiary/aromatic N) is 5. The van der Waals surface area contributed by atoms with Gasteiger partial charge < -0.3 is 29.3 Å². The highest BCUT2D eigenvalue weighted by Crippen LogP contribution is 2.23. The number of nitrogens with one attached hydrogen (secondary N) is 1. The first-order valence-corrected chi connectivity index (χ1v) is 11.0. The van der Waals surface area contributed by atoms with Crippen molar-refractivity contribution in [2.24, 2.45) is 0 Å². The van der Waals surface area contributed by atoms with Gasteiger partial charge in [0.15, 0.2) is 6.61 Å². The molecular weight excluding hydrogens is 485 g/mol.